The van der Waals surface area contributed by atoms with Crippen molar-refractivity contribution in [3.63, 3.8) is 0 Å². The number of benzene rings is 1. The van der Waals surface area contributed by atoms with Crippen LogP contribution in [0.2, 0.25) is 5.02 Å². The Morgan fingerprint density at radius 1 is 1.56 bits per heavy atom. The first-order valence-corrected chi connectivity index (χ1v) is 6.42. The van der Waals surface area contributed by atoms with Gasteiger partial charge in [0.2, 0.25) is 0 Å². The molecule has 2 rings (SSSR count). The second kappa shape index (κ2) is 4.84. The first-order chi connectivity index (χ1) is 7.68. The van der Waals surface area contributed by atoms with Gasteiger partial charge in [0.25, 0.3) is 0 Å². The predicted octanol–water partition coefficient (Wildman–Crippen LogP) is 1.38. The van der Waals surface area contributed by atoms with Crippen LogP contribution in [0.1, 0.15) is 17.5 Å². The molecule has 1 aliphatic rings. The van der Waals surface area contributed by atoms with Crippen LogP contribution in [0.15, 0.2) is 17.3 Å². The fraction of sp³-hybridized carbons (Fsp3) is 0.300. The quantitative estimate of drug-likeness (QED) is 0.834. The SMILES string of the molecule is O=[SH](=O)Cc1cc[c]c(Cl)c1C1=NOCC1. The van der Waals surface area contributed by atoms with Crippen LogP contribution in [0.3, 0.4) is 0 Å². The van der Waals surface area contributed by atoms with E-state index in [1.807, 2.05) is 0 Å². The van der Waals surface area contributed by atoms with Gasteiger partial charge >= 0.3 is 0 Å². The maximum Gasteiger partial charge on any atom is 0.144 e. The van der Waals surface area contributed by atoms with Crippen LogP contribution in [0.5, 0.6) is 0 Å². The summed E-state index contributed by atoms with van der Waals surface area (Å²) in [5.74, 6) is -0.0436. The molecule has 0 unspecified atom stereocenters. The van der Waals surface area contributed by atoms with Gasteiger partial charge in [0.1, 0.15) is 17.3 Å². The summed E-state index contributed by atoms with van der Waals surface area (Å²) < 4.78 is 21.5. The summed E-state index contributed by atoms with van der Waals surface area (Å²) in [5, 5.41) is 4.24. The van der Waals surface area contributed by atoms with E-state index < -0.39 is 10.7 Å². The van der Waals surface area contributed by atoms with E-state index in [0.29, 0.717) is 34.9 Å². The van der Waals surface area contributed by atoms with Gasteiger partial charge in [-0.15, -0.1) is 0 Å². The molecule has 0 fully saturated rings. The van der Waals surface area contributed by atoms with Crippen molar-refractivity contribution < 1.29 is 13.3 Å². The highest BCUT2D eigenvalue weighted by Gasteiger charge is 2.18. The van der Waals surface area contributed by atoms with Crippen LogP contribution in [0, 0.1) is 6.07 Å². The monoisotopic (exact) mass is 258 g/mol. The molecule has 0 atom stereocenters. The van der Waals surface area contributed by atoms with Gasteiger partial charge in [-0.2, -0.15) is 0 Å². The zero-order valence-electron chi connectivity index (χ0n) is 8.27. The van der Waals surface area contributed by atoms with Crippen molar-refractivity contribution in [2.45, 2.75) is 12.2 Å². The number of thiol groups is 1. The Balaban J connectivity index is 2.47. The summed E-state index contributed by atoms with van der Waals surface area (Å²) in [7, 11) is -2.49. The molecule has 85 valence electrons. The van der Waals surface area contributed by atoms with E-state index in [9.17, 15) is 8.42 Å². The van der Waals surface area contributed by atoms with Crippen LogP contribution in [-0.2, 0) is 21.3 Å². The van der Waals surface area contributed by atoms with Crippen molar-refractivity contribution >= 4 is 28.0 Å². The third-order valence-corrected chi connectivity index (χ3v) is 3.13. The molecule has 6 heteroatoms. The van der Waals surface area contributed by atoms with Crippen molar-refractivity contribution in [1.82, 2.24) is 0 Å². The highest BCUT2D eigenvalue weighted by atomic mass is 35.5. The maximum absolute atomic E-state index is 10.8. The van der Waals surface area contributed by atoms with E-state index in [-0.39, 0.29) is 5.75 Å². The lowest BCUT2D eigenvalue weighted by atomic mass is 10.0. The molecular formula is C10H9ClNO3S. The molecule has 1 aromatic carbocycles. The Morgan fingerprint density at radius 3 is 3.00 bits per heavy atom. The molecule has 0 amide bonds. The largest absolute Gasteiger partial charge is 0.395 e. The zero-order valence-corrected chi connectivity index (χ0v) is 9.92. The molecule has 1 radical (unpaired) electrons. The van der Waals surface area contributed by atoms with Crippen molar-refractivity contribution in [3.8, 4) is 0 Å². The average molecular weight is 259 g/mol. The minimum absolute atomic E-state index is 0.0436. The summed E-state index contributed by atoms with van der Waals surface area (Å²) in [6.45, 7) is 0.503. The van der Waals surface area contributed by atoms with Gasteiger partial charge in [-0.3, -0.25) is 0 Å². The molecule has 16 heavy (non-hydrogen) atoms. The van der Waals surface area contributed by atoms with Crippen LogP contribution in [0.25, 0.3) is 0 Å². The van der Waals surface area contributed by atoms with Crippen molar-refractivity contribution in [2.24, 2.45) is 5.16 Å². The maximum atomic E-state index is 10.8. The Morgan fingerprint density at radius 2 is 2.38 bits per heavy atom. The molecule has 0 saturated heterocycles. The average Bonchev–Trinajstić information content (AvgIpc) is 2.69. The molecule has 1 heterocycles. The van der Waals surface area contributed by atoms with E-state index in [1.165, 1.54) is 0 Å². The number of halogens is 1. The smallest absolute Gasteiger partial charge is 0.144 e. The van der Waals surface area contributed by atoms with Gasteiger partial charge in [0.15, 0.2) is 0 Å². The van der Waals surface area contributed by atoms with Gasteiger partial charge in [-0.25, -0.2) is 8.42 Å². The lowest BCUT2D eigenvalue weighted by Gasteiger charge is -2.07. The summed E-state index contributed by atoms with van der Waals surface area (Å²) >= 11 is 6.00. The Kier molecular flexibility index (Phi) is 3.46. The topological polar surface area (TPSA) is 55.7 Å². The van der Waals surface area contributed by atoms with Crippen molar-refractivity contribution in [3.05, 3.63) is 34.3 Å². The number of hydrogen-bond acceptors (Lipinski definition) is 4. The van der Waals surface area contributed by atoms with Crippen LogP contribution in [0.4, 0.5) is 0 Å². The molecule has 0 aromatic heterocycles. The van der Waals surface area contributed by atoms with E-state index in [0.717, 1.165) is 0 Å². The number of hydrogen-bond donors (Lipinski definition) is 1. The Bertz CT molecular complexity index is 503. The van der Waals surface area contributed by atoms with Gasteiger partial charge < -0.3 is 4.84 Å². The van der Waals surface area contributed by atoms with Gasteiger partial charge in [-0.05, 0) is 5.56 Å². The lowest BCUT2D eigenvalue weighted by Crippen LogP contribution is -2.04. The van der Waals surface area contributed by atoms with E-state index in [2.05, 4.69) is 11.2 Å². The summed E-state index contributed by atoms with van der Waals surface area (Å²) in [6, 6.07) is 6.12. The molecule has 0 N–H and O–H groups in total. The summed E-state index contributed by atoms with van der Waals surface area (Å²) in [6.07, 6.45) is 0.639. The van der Waals surface area contributed by atoms with Crippen LogP contribution >= 0.6 is 11.6 Å². The highest BCUT2D eigenvalue weighted by molar-refractivity contribution is 7.71. The van der Waals surface area contributed by atoms with Crippen molar-refractivity contribution in [1.29, 1.82) is 0 Å². The lowest BCUT2D eigenvalue weighted by molar-refractivity contribution is 0.174. The molecular weight excluding hydrogens is 250 g/mol. The van der Waals surface area contributed by atoms with Crippen LogP contribution < -0.4 is 0 Å². The molecule has 0 saturated carbocycles. The van der Waals surface area contributed by atoms with E-state index in [1.54, 1.807) is 12.1 Å². The van der Waals surface area contributed by atoms with Crippen LogP contribution in [-0.4, -0.2) is 20.7 Å². The summed E-state index contributed by atoms with van der Waals surface area (Å²) in [5.41, 5.74) is 1.97. The fourth-order valence-electron chi connectivity index (χ4n) is 1.58. The Labute approximate surface area is 99.8 Å². The van der Waals surface area contributed by atoms with Crippen molar-refractivity contribution in [2.75, 3.05) is 6.61 Å². The normalized spacial score (nSPS) is 15.0. The highest BCUT2D eigenvalue weighted by Crippen LogP contribution is 2.24. The third kappa shape index (κ3) is 2.36. The number of oxime groups is 1. The molecule has 1 aromatic rings. The Hall–Kier alpha value is -1.07. The summed E-state index contributed by atoms with van der Waals surface area (Å²) in [4.78, 5) is 4.89. The molecule has 4 nitrogen and oxygen atoms in total. The minimum atomic E-state index is -2.49. The predicted molar refractivity (Wildman–Crippen MR) is 61.4 cm³/mol. The minimum Gasteiger partial charge on any atom is -0.395 e. The van der Waals surface area contributed by atoms with E-state index >= 15 is 0 Å². The second-order valence-corrected chi connectivity index (χ2v) is 4.66. The fourth-order valence-corrected chi connectivity index (χ4v) is 2.41. The van der Waals surface area contributed by atoms with E-state index in [4.69, 9.17) is 16.4 Å². The molecule has 0 spiro atoms. The third-order valence-electron chi connectivity index (χ3n) is 2.23. The molecule has 1 aliphatic heterocycles. The van der Waals surface area contributed by atoms with Gasteiger partial charge in [-0.1, -0.05) is 28.9 Å². The second-order valence-electron chi connectivity index (χ2n) is 3.30. The molecule has 0 aliphatic carbocycles. The first kappa shape index (κ1) is 11.4. The number of nitrogens with zero attached hydrogens (tertiary/aromatic N) is 1. The van der Waals surface area contributed by atoms with Gasteiger partial charge in [0, 0.05) is 18.1 Å². The van der Waals surface area contributed by atoms with Gasteiger partial charge in [0.05, 0.1) is 16.5 Å². The number of rotatable bonds is 3. The standard InChI is InChI=1S/C10H9ClNO3S/c11-8-3-1-2-7(6-16(13)14)10(8)9-4-5-15-12-9/h1-2,16H,4-6H2. The molecule has 0 bridgehead atoms. The zero-order chi connectivity index (χ0) is 11.5. The first-order valence-electron chi connectivity index (χ1n) is 4.68.